The summed E-state index contributed by atoms with van der Waals surface area (Å²) in [5.41, 5.74) is 1.17. The molecule has 20 heavy (non-hydrogen) atoms. The van der Waals surface area contributed by atoms with Crippen LogP contribution in [0.2, 0.25) is 0 Å². The summed E-state index contributed by atoms with van der Waals surface area (Å²) in [7, 11) is 0. The normalized spacial score (nSPS) is 11.6. The molecule has 0 aliphatic heterocycles. The summed E-state index contributed by atoms with van der Waals surface area (Å²) in [6.07, 6.45) is 8.15. The van der Waals surface area contributed by atoms with Gasteiger partial charge in [0, 0.05) is 12.1 Å². The average Bonchev–Trinajstić information content (AvgIpc) is 2.41. The van der Waals surface area contributed by atoms with Gasteiger partial charge in [0.25, 0.3) is 0 Å². The van der Waals surface area contributed by atoms with E-state index in [0.717, 1.165) is 31.0 Å². The third-order valence-electron chi connectivity index (χ3n) is 3.11. The summed E-state index contributed by atoms with van der Waals surface area (Å²) < 4.78 is 5.70. The van der Waals surface area contributed by atoms with Crippen LogP contribution in [0.4, 0.5) is 0 Å². The van der Waals surface area contributed by atoms with Gasteiger partial charge < -0.3 is 10.1 Å². The second kappa shape index (κ2) is 8.96. The number of nitrogens with zero attached hydrogens (tertiary/aromatic N) is 1. The van der Waals surface area contributed by atoms with Crippen molar-refractivity contribution < 1.29 is 4.74 Å². The fourth-order valence-corrected chi connectivity index (χ4v) is 1.85. The minimum absolute atomic E-state index is 0.120. The molecule has 0 saturated heterocycles. The van der Waals surface area contributed by atoms with Crippen LogP contribution in [0, 0.1) is 0 Å². The van der Waals surface area contributed by atoms with E-state index in [-0.39, 0.29) is 5.54 Å². The van der Waals surface area contributed by atoms with Gasteiger partial charge in [0.05, 0.1) is 18.5 Å². The Morgan fingerprint density at radius 2 is 1.85 bits per heavy atom. The predicted octanol–water partition coefficient (Wildman–Crippen LogP) is 4.32. The first-order valence-electron chi connectivity index (χ1n) is 7.84. The number of rotatable bonds is 9. The van der Waals surface area contributed by atoms with Crippen molar-refractivity contribution in [1.29, 1.82) is 0 Å². The molecule has 1 N–H and O–H groups in total. The Morgan fingerprint density at radius 1 is 1.10 bits per heavy atom. The fraction of sp³-hybridized carbons (Fsp3) is 0.706. The molecule has 3 nitrogen and oxygen atoms in total. The van der Waals surface area contributed by atoms with E-state index in [4.69, 9.17) is 4.74 Å². The minimum Gasteiger partial charge on any atom is -0.492 e. The molecule has 0 spiro atoms. The molecule has 1 aromatic heterocycles. The number of hydrogen-bond donors (Lipinski definition) is 1. The molecular formula is C17H30N2O. The number of unbranched alkanes of at least 4 members (excludes halogenated alkanes) is 4. The first-order chi connectivity index (χ1) is 9.51. The Bertz CT molecular complexity index is 354. The predicted molar refractivity (Wildman–Crippen MR) is 85.1 cm³/mol. The van der Waals surface area contributed by atoms with Crippen LogP contribution < -0.4 is 10.1 Å². The van der Waals surface area contributed by atoms with E-state index in [2.05, 4.69) is 38.0 Å². The molecule has 1 heterocycles. The summed E-state index contributed by atoms with van der Waals surface area (Å²) in [6, 6.07) is 4.05. The number of pyridine rings is 1. The Hall–Kier alpha value is -1.09. The van der Waals surface area contributed by atoms with Gasteiger partial charge in [-0.15, -0.1) is 0 Å². The Kier molecular flexibility index (Phi) is 7.60. The highest BCUT2D eigenvalue weighted by Gasteiger charge is 2.08. The van der Waals surface area contributed by atoms with Crippen LogP contribution in [0.5, 0.6) is 5.75 Å². The molecular weight excluding hydrogens is 248 g/mol. The lowest BCUT2D eigenvalue weighted by Crippen LogP contribution is -2.35. The second-order valence-corrected chi connectivity index (χ2v) is 6.35. The zero-order valence-corrected chi connectivity index (χ0v) is 13.5. The van der Waals surface area contributed by atoms with Crippen LogP contribution in [-0.4, -0.2) is 17.1 Å². The fourth-order valence-electron chi connectivity index (χ4n) is 1.85. The first-order valence-corrected chi connectivity index (χ1v) is 7.84. The third kappa shape index (κ3) is 8.16. The highest BCUT2D eigenvalue weighted by molar-refractivity contribution is 5.19. The molecule has 1 aromatic rings. The Balaban J connectivity index is 2.21. The maximum absolute atomic E-state index is 5.70. The number of hydrogen-bond acceptors (Lipinski definition) is 3. The van der Waals surface area contributed by atoms with Crippen molar-refractivity contribution in [2.75, 3.05) is 6.61 Å². The largest absolute Gasteiger partial charge is 0.492 e. The van der Waals surface area contributed by atoms with E-state index in [9.17, 15) is 0 Å². The lowest BCUT2D eigenvalue weighted by Gasteiger charge is -2.20. The van der Waals surface area contributed by atoms with Gasteiger partial charge in [-0.05, 0) is 39.3 Å². The molecule has 0 unspecified atom stereocenters. The Labute approximate surface area is 124 Å². The topological polar surface area (TPSA) is 34.1 Å². The average molecular weight is 278 g/mol. The van der Waals surface area contributed by atoms with Gasteiger partial charge in [0.1, 0.15) is 5.75 Å². The zero-order valence-electron chi connectivity index (χ0n) is 13.5. The van der Waals surface area contributed by atoms with Crippen molar-refractivity contribution in [2.45, 2.75) is 71.9 Å². The maximum atomic E-state index is 5.70. The van der Waals surface area contributed by atoms with E-state index < -0.39 is 0 Å². The maximum Gasteiger partial charge on any atom is 0.137 e. The van der Waals surface area contributed by atoms with Crippen molar-refractivity contribution in [2.24, 2.45) is 0 Å². The first kappa shape index (κ1) is 17.0. The van der Waals surface area contributed by atoms with E-state index in [1.54, 1.807) is 0 Å². The number of ether oxygens (including phenoxy) is 1. The van der Waals surface area contributed by atoms with Gasteiger partial charge in [0.2, 0.25) is 0 Å². The highest BCUT2D eigenvalue weighted by atomic mass is 16.5. The lowest BCUT2D eigenvalue weighted by atomic mass is 10.1. The standard InChI is InChI=1S/C17H30N2O/c1-5-6-7-8-9-12-20-16-11-10-15(18-14-16)13-19-17(2,3)4/h10-11,14,19H,5-9,12-13H2,1-4H3. The van der Waals surface area contributed by atoms with Crippen LogP contribution in [0.15, 0.2) is 18.3 Å². The van der Waals surface area contributed by atoms with Crippen molar-refractivity contribution in [3.8, 4) is 5.75 Å². The van der Waals surface area contributed by atoms with Gasteiger partial charge in [-0.3, -0.25) is 4.98 Å². The van der Waals surface area contributed by atoms with Gasteiger partial charge in [-0.25, -0.2) is 0 Å². The Morgan fingerprint density at radius 3 is 2.45 bits per heavy atom. The highest BCUT2D eigenvalue weighted by Crippen LogP contribution is 2.11. The molecule has 0 aromatic carbocycles. The smallest absolute Gasteiger partial charge is 0.137 e. The van der Waals surface area contributed by atoms with Crippen LogP contribution in [0.25, 0.3) is 0 Å². The van der Waals surface area contributed by atoms with Crippen LogP contribution in [0.1, 0.15) is 65.5 Å². The summed E-state index contributed by atoms with van der Waals surface area (Å²) in [4.78, 5) is 4.42. The van der Waals surface area contributed by atoms with E-state index in [1.807, 2.05) is 18.3 Å². The molecule has 0 amide bonds. The van der Waals surface area contributed by atoms with Crippen LogP contribution in [0.3, 0.4) is 0 Å². The van der Waals surface area contributed by atoms with Crippen LogP contribution >= 0.6 is 0 Å². The summed E-state index contributed by atoms with van der Waals surface area (Å²) >= 11 is 0. The molecule has 0 aliphatic rings. The van der Waals surface area contributed by atoms with Gasteiger partial charge >= 0.3 is 0 Å². The molecule has 1 rings (SSSR count). The molecule has 0 bridgehead atoms. The SMILES string of the molecule is CCCCCCCOc1ccc(CNC(C)(C)C)nc1. The van der Waals surface area contributed by atoms with Crippen LogP contribution in [-0.2, 0) is 6.54 Å². The summed E-state index contributed by atoms with van der Waals surface area (Å²) in [5.74, 6) is 0.875. The number of aromatic nitrogens is 1. The monoisotopic (exact) mass is 278 g/mol. The molecule has 0 saturated carbocycles. The van der Waals surface area contributed by atoms with Gasteiger partial charge in [0.15, 0.2) is 0 Å². The molecule has 3 heteroatoms. The molecule has 0 fully saturated rings. The lowest BCUT2D eigenvalue weighted by molar-refractivity contribution is 0.303. The zero-order chi connectivity index (χ0) is 14.8. The molecule has 0 atom stereocenters. The van der Waals surface area contributed by atoms with Gasteiger partial charge in [-0.1, -0.05) is 32.6 Å². The van der Waals surface area contributed by atoms with E-state index in [0.29, 0.717) is 0 Å². The summed E-state index contributed by atoms with van der Waals surface area (Å²) in [6.45, 7) is 10.3. The second-order valence-electron chi connectivity index (χ2n) is 6.35. The van der Waals surface area contributed by atoms with Crippen molar-refractivity contribution >= 4 is 0 Å². The van der Waals surface area contributed by atoms with Crippen molar-refractivity contribution in [1.82, 2.24) is 10.3 Å². The van der Waals surface area contributed by atoms with E-state index >= 15 is 0 Å². The van der Waals surface area contributed by atoms with Crippen molar-refractivity contribution in [3.05, 3.63) is 24.0 Å². The summed E-state index contributed by atoms with van der Waals surface area (Å²) in [5, 5.41) is 3.43. The molecule has 114 valence electrons. The van der Waals surface area contributed by atoms with Gasteiger partial charge in [-0.2, -0.15) is 0 Å². The third-order valence-corrected chi connectivity index (χ3v) is 3.11. The minimum atomic E-state index is 0.120. The molecule has 0 aliphatic carbocycles. The van der Waals surface area contributed by atoms with E-state index in [1.165, 1.54) is 25.7 Å². The van der Waals surface area contributed by atoms with Crippen molar-refractivity contribution in [3.63, 3.8) is 0 Å². The quantitative estimate of drug-likeness (QED) is 0.683. The molecule has 0 radical (unpaired) electrons. The number of nitrogens with one attached hydrogen (secondary N) is 1.